The Kier molecular flexibility index (Phi) is 6.58. The number of urea groups is 1. The normalized spacial score (nSPS) is 11.5. The van der Waals surface area contributed by atoms with E-state index < -0.39 is 0 Å². The van der Waals surface area contributed by atoms with Gasteiger partial charge in [0.15, 0.2) is 0 Å². The summed E-state index contributed by atoms with van der Waals surface area (Å²) in [6.45, 7) is 6.50. The van der Waals surface area contributed by atoms with E-state index in [0.29, 0.717) is 22.3 Å². The van der Waals surface area contributed by atoms with Gasteiger partial charge >= 0.3 is 6.03 Å². The number of hydrogen-bond donors (Lipinski definition) is 3. The Morgan fingerprint density at radius 3 is 2.62 bits per heavy atom. The van der Waals surface area contributed by atoms with Crippen molar-refractivity contribution >= 4 is 34.4 Å². The van der Waals surface area contributed by atoms with Crippen LogP contribution in [0.5, 0.6) is 11.5 Å². The van der Waals surface area contributed by atoms with Gasteiger partial charge in [0, 0.05) is 34.0 Å². The third-order valence-electron chi connectivity index (χ3n) is 5.84. The monoisotopic (exact) mass is 514 g/mol. The lowest BCUT2D eigenvalue weighted by atomic mass is 9.92. The molecule has 2 amide bonds. The van der Waals surface area contributed by atoms with Crippen LogP contribution in [0.4, 0.5) is 10.6 Å². The zero-order valence-corrected chi connectivity index (χ0v) is 21.5. The predicted octanol–water partition coefficient (Wildman–Crippen LogP) is 6.81. The average Bonchev–Trinajstić information content (AvgIpc) is 3.51. The van der Waals surface area contributed by atoms with Crippen LogP contribution in [0.2, 0.25) is 5.02 Å². The van der Waals surface area contributed by atoms with Crippen molar-refractivity contribution in [1.29, 1.82) is 0 Å². The molecule has 2 heterocycles. The lowest BCUT2D eigenvalue weighted by Gasteiger charge is -2.14. The number of rotatable bonds is 6. The number of para-hydroxylation sites is 1. The molecule has 0 saturated heterocycles. The summed E-state index contributed by atoms with van der Waals surface area (Å²) < 4.78 is 7.83. The van der Waals surface area contributed by atoms with Crippen LogP contribution in [0.1, 0.15) is 32.0 Å². The molecule has 0 atom stereocenters. The molecule has 0 aliphatic rings. The largest absolute Gasteiger partial charge is 0.457 e. The summed E-state index contributed by atoms with van der Waals surface area (Å²) in [5, 5.41) is 19.2. The summed E-state index contributed by atoms with van der Waals surface area (Å²) >= 11 is 6.06. The van der Waals surface area contributed by atoms with Gasteiger partial charge in [0.05, 0.1) is 23.1 Å². The van der Waals surface area contributed by atoms with Crippen LogP contribution in [-0.4, -0.2) is 26.0 Å². The van der Waals surface area contributed by atoms with Gasteiger partial charge in [-0.1, -0.05) is 50.6 Å². The number of aromatic nitrogens is 4. The molecule has 0 aliphatic carbocycles. The van der Waals surface area contributed by atoms with Gasteiger partial charge in [0.1, 0.15) is 17.3 Å². The fraction of sp³-hybridized carbons (Fsp3) is 0.179. The van der Waals surface area contributed by atoms with Crippen LogP contribution in [0.25, 0.3) is 16.6 Å². The van der Waals surface area contributed by atoms with E-state index in [0.717, 1.165) is 27.8 Å². The molecule has 9 heteroatoms. The van der Waals surface area contributed by atoms with Gasteiger partial charge in [-0.2, -0.15) is 10.2 Å². The molecule has 3 aromatic carbocycles. The maximum Gasteiger partial charge on any atom is 0.320 e. The lowest BCUT2D eigenvalue weighted by Crippen LogP contribution is -2.29. The molecule has 0 bridgehead atoms. The zero-order valence-electron chi connectivity index (χ0n) is 20.7. The Bertz CT molecular complexity index is 1550. The minimum Gasteiger partial charge on any atom is -0.457 e. The van der Waals surface area contributed by atoms with E-state index in [1.165, 1.54) is 0 Å². The second-order valence-electron chi connectivity index (χ2n) is 9.69. The van der Waals surface area contributed by atoms with Gasteiger partial charge in [-0.05, 0) is 48.5 Å². The number of hydrogen-bond acceptors (Lipinski definition) is 4. The van der Waals surface area contributed by atoms with E-state index in [9.17, 15) is 4.79 Å². The highest BCUT2D eigenvalue weighted by molar-refractivity contribution is 6.30. The van der Waals surface area contributed by atoms with E-state index in [2.05, 4.69) is 41.6 Å². The third kappa shape index (κ3) is 5.59. The lowest BCUT2D eigenvalue weighted by molar-refractivity contribution is 0.251. The number of H-pyrrole nitrogens is 1. The van der Waals surface area contributed by atoms with Gasteiger partial charge < -0.3 is 10.1 Å². The first-order valence-corrected chi connectivity index (χ1v) is 12.2. The summed E-state index contributed by atoms with van der Waals surface area (Å²) in [5.74, 6) is 1.90. The van der Waals surface area contributed by atoms with E-state index >= 15 is 0 Å². The maximum absolute atomic E-state index is 12.9. The molecule has 8 nitrogen and oxygen atoms in total. The molecule has 0 spiro atoms. The minimum atomic E-state index is -0.356. The highest BCUT2D eigenvalue weighted by Crippen LogP contribution is 2.29. The van der Waals surface area contributed by atoms with Crippen LogP contribution in [0.15, 0.2) is 79.0 Å². The minimum absolute atomic E-state index is 0.194. The number of halogens is 1. The van der Waals surface area contributed by atoms with Gasteiger partial charge in [-0.25, -0.2) is 9.48 Å². The van der Waals surface area contributed by atoms with E-state index in [4.69, 9.17) is 21.4 Å². The van der Waals surface area contributed by atoms with Crippen molar-refractivity contribution in [3.8, 4) is 17.2 Å². The molecule has 2 aromatic heterocycles. The van der Waals surface area contributed by atoms with Crippen molar-refractivity contribution in [2.75, 3.05) is 5.32 Å². The second-order valence-corrected chi connectivity index (χ2v) is 10.1. The Labute approximate surface area is 219 Å². The van der Waals surface area contributed by atoms with Gasteiger partial charge in [-0.3, -0.25) is 10.4 Å². The molecular formula is C28H27ClN6O2. The van der Waals surface area contributed by atoms with E-state index in [1.807, 2.05) is 60.7 Å². The highest BCUT2D eigenvalue weighted by Gasteiger charge is 2.21. The van der Waals surface area contributed by atoms with E-state index in [-0.39, 0.29) is 18.0 Å². The van der Waals surface area contributed by atoms with Crippen molar-refractivity contribution in [2.24, 2.45) is 0 Å². The first-order chi connectivity index (χ1) is 17.8. The first kappa shape index (κ1) is 24.4. The summed E-state index contributed by atoms with van der Waals surface area (Å²) in [6, 6.07) is 22.1. The molecule has 0 unspecified atom stereocenters. The molecule has 188 valence electrons. The van der Waals surface area contributed by atoms with E-state index in [1.54, 1.807) is 23.0 Å². The Balaban J connectivity index is 1.31. The number of amides is 2. The number of benzene rings is 3. The topological polar surface area (TPSA) is 96.9 Å². The van der Waals surface area contributed by atoms with Crippen molar-refractivity contribution in [3.05, 3.63) is 95.3 Å². The number of carbonyl (C=O) groups is 1. The first-order valence-electron chi connectivity index (χ1n) is 11.9. The van der Waals surface area contributed by atoms with Crippen LogP contribution in [-0.2, 0) is 12.0 Å². The number of fused-ring (bicyclic) bond motifs is 1. The maximum atomic E-state index is 12.9. The zero-order chi connectivity index (χ0) is 26.0. The molecule has 0 saturated carbocycles. The summed E-state index contributed by atoms with van der Waals surface area (Å²) in [4.78, 5) is 12.9. The second kappa shape index (κ2) is 9.99. The summed E-state index contributed by atoms with van der Waals surface area (Å²) in [6.07, 6.45) is 1.75. The summed E-state index contributed by atoms with van der Waals surface area (Å²) in [5.41, 5.74) is 3.23. The third-order valence-corrected chi connectivity index (χ3v) is 6.09. The molecule has 0 aliphatic heterocycles. The van der Waals surface area contributed by atoms with Crippen LogP contribution in [0, 0.1) is 0 Å². The number of nitrogens with one attached hydrogen (secondary N) is 3. The fourth-order valence-electron chi connectivity index (χ4n) is 3.81. The molecular weight excluding hydrogens is 488 g/mol. The van der Waals surface area contributed by atoms with Gasteiger partial charge in [0.25, 0.3) is 0 Å². The van der Waals surface area contributed by atoms with Crippen LogP contribution >= 0.6 is 11.6 Å². The molecule has 0 radical (unpaired) electrons. The van der Waals surface area contributed by atoms with Gasteiger partial charge in [0.2, 0.25) is 0 Å². The van der Waals surface area contributed by atoms with Gasteiger partial charge in [-0.15, -0.1) is 0 Å². The van der Waals surface area contributed by atoms with Crippen molar-refractivity contribution in [3.63, 3.8) is 0 Å². The molecule has 37 heavy (non-hydrogen) atoms. The molecule has 3 N–H and O–H groups in total. The smallest absolute Gasteiger partial charge is 0.320 e. The highest BCUT2D eigenvalue weighted by atomic mass is 35.5. The predicted molar refractivity (Wildman–Crippen MR) is 146 cm³/mol. The SMILES string of the molecule is CC(C)(C)c1cc(NC(=O)NCc2ccccc2Oc2ccc3[nH]ncc3c2)n(-c2ccc(Cl)cc2)n1. The number of ether oxygens (including phenoxy) is 1. The van der Waals surface area contributed by atoms with Crippen molar-refractivity contribution in [1.82, 2.24) is 25.3 Å². The number of nitrogens with zero attached hydrogens (tertiary/aromatic N) is 3. The fourth-order valence-corrected chi connectivity index (χ4v) is 3.94. The number of carbonyl (C=O) groups excluding carboxylic acids is 1. The summed E-state index contributed by atoms with van der Waals surface area (Å²) in [7, 11) is 0. The number of aromatic amines is 1. The molecule has 5 rings (SSSR count). The Morgan fingerprint density at radius 2 is 1.84 bits per heavy atom. The molecule has 5 aromatic rings. The molecule has 0 fully saturated rings. The van der Waals surface area contributed by atoms with Crippen LogP contribution in [0.3, 0.4) is 0 Å². The van der Waals surface area contributed by atoms with Crippen molar-refractivity contribution < 1.29 is 9.53 Å². The standard InChI is InChI=1S/C28H27ClN6O2/c1-28(2,3)25-15-26(35(34-25)21-10-8-20(29)9-11-21)32-27(36)30-16-18-6-4-5-7-24(18)37-22-12-13-23-19(14-22)17-31-33-23/h4-15,17H,16H2,1-3H3,(H,31,33)(H2,30,32,36). The Hall–Kier alpha value is -4.30. The van der Waals surface area contributed by atoms with Crippen molar-refractivity contribution in [2.45, 2.75) is 32.7 Å². The number of anilines is 1. The van der Waals surface area contributed by atoms with Crippen LogP contribution < -0.4 is 15.4 Å². The average molecular weight is 515 g/mol. The quantitative estimate of drug-likeness (QED) is 0.232. The Morgan fingerprint density at radius 1 is 1.05 bits per heavy atom.